The van der Waals surface area contributed by atoms with Crippen molar-refractivity contribution < 1.29 is 8.42 Å². The van der Waals surface area contributed by atoms with Crippen molar-refractivity contribution >= 4 is 15.8 Å². The maximum Gasteiger partial charge on any atom is 0.212 e. The molecule has 0 unspecified atom stereocenters. The van der Waals surface area contributed by atoms with E-state index in [2.05, 4.69) is 24.8 Å². The predicted molar refractivity (Wildman–Crippen MR) is 93.7 cm³/mol. The maximum absolute atomic E-state index is 12.4. The van der Waals surface area contributed by atoms with E-state index >= 15 is 0 Å². The number of aryl methyl sites for hydroxylation is 1. The normalized spacial score (nSPS) is 20.6. The van der Waals surface area contributed by atoms with Crippen molar-refractivity contribution in [2.75, 3.05) is 30.8 Å². The minimum absolute atomic E-state index is 0.501. The molecule has 0 radical (unpaired) electrons. The number of aromatic amines is 1. The molecule has 2 aliphatic rings. The van der Waals surface area contributed by atoms with Gasteiger partial charge in [0.05, 0.1) is 23.8 Å². The smallest absolute Gasteiger partial charge is 0.212 e. The molecule has 9 heteroatoms. The molecular weight excluding hydrogens is 340 g/mol. The summed E-state index contributed by atoms with van der Waals surface area (Å²) in [5.74, 6) is 0.895. The van der Waals surface area contributed by atoms with E-state index < -0.39 is 15.6 Å². The van der Waals surface area contributed by atoms with E-state index in [0.717, 1.165) is 36.0 Å². The molecule has 1 fully saturated rings. The summed E-state index contributed by atoms with van der Waals surface area (Å²) in [6.07, 6.45) is 6.62. The van der Waals surface area contributed by atoms with Crippen LogP contribution in [0.5, 0.6) is 0 Å². The SMILES string of the molecule is Cc1cc(N2CCC3(CC2)c2nc[nH]c2CCN3S(C)(=O)=O)ncn1. The highest BCUT2D eigenvalue weighted by atomic mass is 32.2. The van der Waals surface area contributed by atoms with Crippen molar-refractivity contribution in [2.24, 2.45) is 0 Å². The van der Waals surface area contributed by atoms with Gasteiger partial charge in [0.2, 0.25) is 10.0 Å². The highest BCUT2D eigenvalue weighted by Gasteiger charge is 2.50. The van der Waals surface area contributed by atoms with Crippen molar-refractivity contribution in [3.63, 3.8) is 0 Å². The van der Waals surface area contributed by atoms with Gasteiger partial charge in [-0.3, -0.25) is 0 Å². The molecule has 4 heterocycles. The van der Waals surface area contributed by atoms with E-state index in [9.17, 15) is 8.42 Å². The van der Waals surface area contributed by atoms with Crippen LogP contribution in [0.25, 0.3) is 0 Å². The first-order valence-corrected chi connectivity index (χ1v) is 10.3. The molecule has 2 aromatic heterocycles. The summed E-state index contributed by atoms with van der Waals surface area (Å²) in [4.78, 5) is 18.4. The Morgan fingerprint density at radius 1 is 1.16 bits per heavy atom. The largest absolute Gasteiger partial charge is 0.356 e. The lowest BCUT2D eigenvalue weighted by Crippen LogP contribution is -2.58. The monoisotopic (exact) mass is 362 g/mol. The van der Waals surface area contributed by atoms with E-state index in [-0.39, 0.29) is 0 Å². The van der Waals surface area contributed by atoms with Crippen molar-refractivity contribution in [3.8, 4) is 0 Å². The molecule has 0 bridgehead atoms. The average molecular weight is 362 g/mol. The van der Waals surface area contributed by atoms with Crippen LogP contribution in [0.15, 0.2) is 18.7 Å². The first kappa shape index (κ1) is 16.5. The number of aromatic nitrogens is 4. The molecule has 1 N–H and O–H groups in total. The number of hydrogen-bond acceptors (Lipinski definition) is 6. The van der Waals surface area contributed by atoms with Gasteiger partial charge in [0, 0.05) is 43.5 Å². The van der Waals surface area contributed by atoms with E-state index in [1.54, 1.807) is 17.0 Å². The summed E-state index contributed by atoms with van der Waals surface area (Å²) in [7, 11) is -3.31. The fourth-order valence-electron chi connectivity index (χ4n) is 4.15. The average Bonchev–Trinajstić information content (AvgIpc) is 3.05. The molecule has 134 valence electrons. The number of piperidine rings is 1. The summed E-state index contributed by atoms with van der Waals surface area (Å²) in [6, 6.07) is 1.97. The Balaban J connectivity index is 1.67. The highest BCUT2D eigenvalue weighted by Crippen LogP contribution is 2.43. The van der Waals surface area contributed by atoms with E-state index in [1.165, 1.54) is 6.26 Å². The van der Waals surface area contributed by atoms with E-state index in [4.69, 9.17) is 0 Å². The number of imidazole rings is 1. The van der Waals surface area contributed by atoms with Crippen LogP contribution in [0, 0.1) is 6.92 Å². The number of anilines is 1. The summed E-state index contributed by atoms with van der Waals surface area (Å²) in [5, 5.41) is 0. The molecule has 0 atom stereocenters. The number of H-pyrrole nitrogens is 1. The Morgan fingerprint density at radius 3 is 2.60 bits per heavy atom. The lowest BCUT2D eigenvalue weighted by molar-refractivity contribution is 0.128. The van der Waals surface area contributed by atoms with Crippen molar-refractivity contribution in [3.05, 3.63) is 35.8 Å². The van der Waals surface area contributed by atoms with Crippen LogP contribution in [0.3, 0.4) is 0 Å². The quantitative estimate of drug-likeness (QED) is 0.850. The molecule has 2 aliphatic heterocycles. The van der Waals surface area contributed by atoms with Crippen molar-refractivity contribution in [1.82, 2.24) is 24.2 Å². The van der Waals surface area contributed by atoms with Gasteiger partial charge >= 0.3 is 0 Å². The molecule has 25 heavy (non-hydrogen) atoms. The van der Waals surface area contributed by atoms with Gasteiger partial charge in [0.25, 0.3) is 0 Å². The molecule has 0 aliphatic carbocycles. The maximum atomic E-state index is 12.4. The van der Waals surface area contributed by atoms with Crippen LogP contribution in [0.4, 0.5) is 5.82 Å². The van der Waals surface area contributed by atoms with Crippen LogP contribution in [-0.4, -0.2) is 58.5 Å². The van der Waals surface area contributed by atoms with Crippen molar-refractivity contribution in [2.45, 2.75) is 31.7 Å². The van der Waals surface area contributed by atoms with E-state index in [1.807, 2.05) is 13.0 Å². The Hall–Kier alpha value is -2.00. The molecular formula is C16H22N6O2S. The predicted octanol–water partition coefficient (Wildman–Crippen LogP) is 0.822. The number of rotatable bonds is 2. The molecule has 0 amide bonds. The van der Waals surface area contributed by atoms with Gasteiger partial charge < -0.3 is 9.88 Å². The Kier molecular flexibility index (Phi) is 3.80. The fourth-order valence-corrected chi connectivity index (χ4v) is 5.47. The molecule has 2 aromatic rings. The highest BCUT2D eigenvalue weighted by molar-refractivity contribution is 7.88. The number of hydrogen-bond donors (Lipinski definition) is 1. The molecule has 0 aromatic carbocycles. The Labute approximate surface area is 147 Å². The number of fused-ring (bicyclic) bond motifs is 2. The lowest BCUT2D eigenvalue weighted by Gasteiger charge is -2.49. The molecule has 8 nitrogen and oxygen atoms in total. The van der Waals surface area contributed by atoms with Crippen LogP contribution in [-0.2, 0) is 22.0 Å². The first-order chi connectivity index (χ1) is 11.9. The number of sulfonamides is 1. The topological polar surface area (TPSA) is 95.1 Å². The Morgan fingerprint density at radius 2 is 1.92 bits per heavy atom. The number of nitrogens with zero attached hydrogens (tertiary/aromatic N) is 5. The van der Waals surface area contributed by atoms with Crippen LogP contribution in [0.2, 0.25) is 0 Å². The molecule has 1 saturated heterocycles. The lowest BCUT2D eigenvalue weighted by atomic mass is 9.80. The third kappa shape index (κ3) is 2.71. The summed E-state index contributed by atoms with van der Waals surface area (Å²) in [6.45, 7) is 3.91. The third-order valence-corrected chi connectivity index (χ3v) is 6.64. The zero-order chi connectivity index (χ0) is 17.7. The second-order valence-corrected chi connectivity index (χ2v) is 8.76. The van der Waals surface area contributed by atoms with Gasteiger partial charge in [0.1, 0.15) is 12.1 Å². The van der Waals surface area contributed by atoms with Gasteiger partial charge in [-0.15, -0.1) is 0 Å². The standard InChI is InChI=1S/C16H22N6O2S/c1-12-9-14(19-10-17-12)21-7-4-16(5-8-21)15-13(18-11-20-15)3-6-22(16)25(2,23)24/h9-11H,3-8H2,1-2H3,(H,18,20). The second-order valence-electron chi connectivity index (χ2n) is 6.85. The van der Waals surface area contributed by atoms with Crippen molar-refractivity contribution in [1.29, 1.82) is 0 Å². The fraction of sp³-hybridized carbons (Fsp3) is 0.562. The minimum Gasteiger partial charge on any atom is -0.356 e. The minimum atomic E-state index is -3.31. The first-order valence-electron chi connectivity index (χ1n) is 8.44. The third-order valence-electron chi connectivity index (χ3n) is 5.31. The van der Waals surface area contributed by atoms with Gasteiger partial charge in [-0.25, -0.2) is 23.4 Å². The summed E-state index contributed by atoms with van der Waals surface area (Å²) in [5.41, 5.74) is 2.32. The zero-order valence-electron chi connectivity index (χ0n) is 14.4. The van der Waals surface area contributed by atoms with Gasteiger partial charge in [0.15, 0.2) is 0 Å². The molecule has 1 spiro atoms. The van der Waals surface area contributed by atoms with Gasteiger partial charge in [-0.2, -0.15) is 4.31 Å². The summed E-state index contributed by atoms with van der Waals surface area (Å²) < 4.78 is 26.5. The van der Waals surface area contributed by atoms with Crippen LogP contribution < -0.4 is 4.90 Å². The molecule has 0 saturated carbocycles. The zero-order valence-corrected chi connectivity index (χ0v) is 15.3. The van der Waals surface area contributed by atoms with Gasteiger partial charge in [-0.1, -0.05) is 0 Å². The molecule has 4 rings (SSSR count). The van der Waals surface area contributed by atoms with Crippen LogP contribution in [0.1, 0.15) is 29.9 Å². The second kappa shape index (κ2) is 5.77. The number of nitrogens with one attached hydrogen (secondary N) is 1. The summed E-state index contributed by atoms with van der Waals surface area (Å²) >= 11 is 0. The van der Waals surface area contributed by atoms with Gasteiger partial charge in [-0.05, 0) is 19.8 Å². The van der Waals surface area contributed by atoms with Crippen LogP contribution >= 0.6 is 0 Å². The Bertz CT molecular complexity index is 886. The van der Waals surface area contributed by atoms with E-state index in [0.29, 0.717) is 25.8 Å².